The smallest absolute Gasteiger partial charge is 0.227 e. The highest BCUT2D eigenvalue weighted by Crippen LogP contribution is 2.06. The summed E-state index contributed by atoms with van der Waals surface area (Å²) in [6.45, 7) is 3.74. The van der Waals surface area contributed by atoms with E-state index in [1.165, 1.54) is 0 Å². The fourth-order valence-corrected chi connectivity index (χ4v) is 1.57. The van der Waals surface area contributed by atoms with Gasteiger partial charge in [-0.05, 0) is 12.1 Å². The minimum atomic E-state index is -0.175. The molecular weight excluding hydrogens is 230 g/mol. The van der Waals surface area contributed by atoms with Gasteiger partial charge in [-0.1, -0.05) is 13.0 Å². The van der Waals surface area contributed by atoms with Crippen molar-refractivity contribution in [2.75, 3.05) is 26.8 Å². The number of pyridine rings is 1. The Morgan fingerprint density at radius 1 is 1.56 bits per heavy atom. The Balaban J connectivity index is 2.69. The molecule has 1 unspecified atom stereocenters. The molecule has 0 saturated carbocycles. The molecule has 18 heavy (non-hydrogen) atoms. The van der Waals surface area contributed by atoms with Crippen LogP contribution < -0.4 is 5.73 Å². The second-order valence-corrected chi connectivity index (χ2v) is 4.21. The molecule has 5 nitrogen and oxygen atoms in total. The number of amides is 1. The Morgan fingerprint density at radius 2 is 2.33 bits per heavy atom. The van der Waals surface area contributed by atoms with Crippen LogP contribution in [0.15, 0.2) is 24.4 Å². The van der Waals surface area contributed by atoms with E-state index in [0.717, 1.165) is 5.69 Å². The minimum Gasteiger partial charge on any atom is -0.383 e. The maximum atomic E-state index is 12.1. The zero-order valence-corrected chi connectivity index (χ0v) is 11.0. The lowest BCUT2D eigenvalue weighted by Gasteiger charge is -2.24. The van der Waals surface area contributed by atoms with E-state index >= 15 is 0 Å². The maximum absolute atomic E-state index is 12.1. The molecular formula is C13H21N3O2. The van der Waals surface area contributed by atoms with E-state index in [1.54, 1.807) is 18.2 Å². The highest BCUT2D eigenvalue weighted by molar-refractivity contribution is 5.78. The second-order valence-electron chi connectivity index (χ2n) is 4.21. The summed E-state index contributed by atoms with van der Waals surface area (Å²) in [5, 5.41) is 0. The molecule has 1 atom stereocenters. The van der Waals surface area contributed by atoms with E-state index in [1.807, 2.05) is 25.1 Å². The zero-order valence-electron chi connectivity index (χ0n) is 11.0. The SMILES string of the molecule is COCCN(Cc1ccccn1)C(=O)C(C)CN. The van der Waals surface area contributed by atoms with E-state index in [4.69, 9.17) is 10.5 Å². The third-order valence-corrected chi connectivity index (χ3v) is 2.73. The van der Waals surface area contributed by atoms with Crippen LogP contribution in [0.1, 0.15) is 12.6 Å². The van der Waals surface area contributed by atoms with Crippen LogP contribution in [-0.4, -0.2) is 42.6 Å². The first-order valence-corrected chi connectivity index (χ1v) is 6.06. The molecule has 2 N–H and O–H groups in total. The first-order chi connectivity index (χ1) is 8.69. The van der Waals surface area contributed by atoms with Gasteiger partial charge in [-0.3, -0.25) is 9.78 Å². The average molecular weight is 251 g/mol. The summed E-state index contributed by atoms with van der Waals surface area (Å²) in [5.74, 6) is -0.134. The quantitative estimate of drug-likeness (QED) is 0.772. The Bertz CT molecular complexity index is 357. The lowest BCUT2D eigenvalue weighted by Crippen LogP contribution is -2.39. The molecule has 0 spiro atoms. The molecule has 0 aliphatic rings. The standard InChI is InChI=1S/C13H21N3O2/c1-11(9-14)13(17)16(7-8-18-2)10-12-5-3-4-6-15-12/h3-6,11H,7-10,14H2,1-2H3. The molecule has 0 fully saturated rings. The topological polar surface area (TPSA) is 68.5 Å². The molecule has 0 radical (unpaired) electrons. The van der Waals surface area contributed by atoms with E-state index < -0.39 is 0 Å². The van der Waals surface area contributed by atoms with Crippen molar-refractivity contribution in [1.29, 1.82) is 0 Å². The third-order valence-electron chi connectivity index (χ3n) is 2.73. The van der Waals surface area contributed by atoms with Crippen molar-refractivity contribution in [3.8, 4) is 0 Å². The lowest BCUT2D eigenvalue weighted by atomic mass is 10.1. The van der Waals surface area contributed by atoms with Gasteiger partial charge in [0.15, 0.2) is 0 Å². The molecule has 0 aromatic carbocycles. The number of ether oxygens (including phenoxy) is 1. The number of carbonyl (C=O) groups excluding carboxylic acids is 1. The van der Waals surface area contributed by atoms with Crippen molar-refractivity contribution in [1.82, 2.24) is 9.88 Å². The second kappa shape index (κ2) is 7.79. The summed E-state index contributed by atoms with van der Waals surface area (Å²) in [6.07, 6.45) is 1.72. The van der Waals surface area contributed by atoms with Crippen molar-refractivity contribution < 1.29 is 9.53 Å². The van der Waals surface area contributed by atoms with E-state index in [2.05, 4.69) is 4.98 Å². The average Bonchev–Trinajstić information content (AvgIpc) is 2.42. The number of hydrogen-bond acceptors (Lipinski definition) is 4. The van der Waals surface area contributed by atoms with Crippen LogP contribution in [0.4, 0.5) is 0 Å². The van der Waals surface area contributed by atoms with Gasteiger partial charge in [-0.25, -0.2) is 0 Å². The van der Waals surface area contributed by atoms with Crippen LogP contribution in [0.2, 0.25) is 0 Å². The van der Waals surface area contributed by atoms with Gasteiger partial charge in [0, 0.05) is 32.3 Å². The van der Waals surface area contributed by atoms with Gasteiger partial charge in [0.25, 0.3) is 0 Å². The lowest BCUT2D eigenvalue weighted by molar-refractivity contribution is -0.136. The molecule has 1 aromatic rings. The first-order valence-electron chi connectivity index (χ1n) is 6.06. The summed E-state index contributed by atoms with van der Waals surface area (Å²) < 4.78 is 5.03. The summed E-state index contributed by atoms with van der Waals surface area (Å²) in [5.41, 5.74) is 6.41. The Kier molecular flexibility index (Phi) is 6.32. The van der Waals surface area contributed by atoms with Crippen LogP contribution in [0.3, 0.4) is 0 Å². The van der Waals surface area contributed by atoms with Gasteiger partial charge in [-0.2, -0.15) is 0 Å². The predicted octanol–water partition coefficient (Wildman–Crippen LogP) is 0.651. The molecule has 0 aliphatic heterocycles. The molecule has 1 heterocycles. The highest BCUT2D eigenvalue weighted by Gasteiger charge is 2.19. The molecule has 0 saturated heterocycles. The van der Waals surface area contributed by atoms with E-state index in [-0.39, 0.29) is 11.8 Å². The highest BCUT2D eigenvalue weighted by atomic mass is 16.5. The monoisotopic (exact) mass is 251 g/mol. The predicted molar refractivity (Wildman–Crippen MR) is 69.7 cm³/mol. The summed E-state index contributed by atoms with van der Waals surface area (Å²) in [4.78, 5) is 18.1. The van der Waals surface area contributed by atoms with Crippen molar-refractivity contribution in [3.63, 3.8) is 0 Å². The Labute approximate surface area is 108 Å². The maximum Gasteiger partial charge on any atom is 0.227 e. The van der Waals surface area contributed by atoms with Crippen molar-refractivity contribution in [2.45, 2.75) is 13.5 Å². The van der Waals surface area contributed by atoms with Crippen LogP contribution in [-0.2, 0) is 16.1 Å². The number of aromatic nitrogens is 1. The number of nitrogens with zero attached hydrogens (tertiary/aromatic N) is 2. The van der Waals surface area contributed by atoms with E-state index in [0.29, 0.717) is 26.2 Å². The summed E-state index contributed by atoms with van der Waals surface area (Å²) in [7, 11) is 1.62. The number of methoxy groups -OCH3 is 1. The van der Waals surface area contributed by atoms with E-state index in [9.17, 15) is 4.79 Å². The van der Waals surface area contributed by atoms with Gasteiger partial charge in [0.2, 0.25) is 5.91 Å². The summed E-state index contributed by atoms with van der Waals surface area (Å²) in [6, 6.07) is 5.67. The fraction of sp³-hybridized carbons (Fsp3) is 0.538. The van der Waals surface area contributed by atoms with Gasteiger partial charge in [0.1, 0.15) is 0 Å². The van der Waals surface area contributed by atoms with Crippen molar-refractivity contribution >= 4 is 5.91 Å². The zero-order chi connectivity index (χ0) is 13.4. The molecule has 1 rings (SSSR count). The van der Waals surface area contributed by atoms with Crippen LogP contribution >= 0.6 is 0 Å². The Morgan fingerprint density at radius 3 is 2.89 bits per heavy atom. The number of carbonyl (C=O) groups is 1. The Hall–Kier alpha value is -1.46. The number of nitrogens with two attached hydrogens (primary N) is 1. The molecule has 100 valence electrons. The molecule has 1 amide bonds. The third kappa shape index (κ3) is 4.43. The molecule has 1 aromatic heterocycles. The normalized spacial score (nSPS) is 12.2. The van der Waals surface area contributed by atoms with Gasteiger partial charge in [0.05, 0.1) is 18.8 Å². The number of rotatable bonds is 7. The molecule has 0 aliphatic carbocycles. The van der Waals surface area contributed by atoms with Crippen LogP contribution in [0.5, 0.6) is 0 Å². The first kappa shape index (κ1) is 14.6. The number of hydrogen-bond donors (Lipinski definition) is 1. The largest absolute Gasteiger partial charge is 0.383 e. The minimum absolute atomic E-state index is 0.0419. The van der Waals surface area contributed by atoms with Crippen molar-refractivity contribution in [3.05, 3.63) is 30.1 Å². The van der Waals surface area contributed by atoms with Crippen LogP contribution in [0.25, 0.3) is 0 Å². The van der Waals surface area contributed by atoms with Gasteiger partial charge in [-0.15, -0.1) is 0 Å². The van der Waals surface area contributed by atoms with Gasteiger partial charge >= 0.3 is 0 Å². The molecule has 0 bridgehead atoms. The van der Waals surface area contributed by atoms with Crippen molar-refractivity contribution in [2.24, 2.45) is 11.7 Å². The van der Waals surface area contributed by atoms with Crippen LogP contribution in [0, 0.1) is 5.92 Å². The fourth-order valence-electron chi connectivity index (χ4n) is 1.57. The molecule has 5 heteroatoms. The summed E-state index contributed by atoms with van der Waals surface area (Å²) >= 11 is 0. The van der Waals surface area contributed by atoms with Gasteiger partial charge < -0.3 is 15.4 Å².